The Bertz CT molecular complexity index is 463. The van der Waals surface area contributed by atoms with Crippen molar-refractivity contribution in [1.82, 2.24) is 4.98 Å². The number of aromatic nitrogens is 1. The number of esters is 1. The number of hydrogen-bond acceptors (Lipinski definition) is 5. The fourth-order valence-electron chi connectivity index (χ4n) is 1.71. The molecule has 5 nitrogen and oxygen atoms in total. The van der Waals surface area contributed by atoms with E-state index < -0.39 is 0 Å². The average molecular weight is 333 g/mol. The second-order valence-corrected chi connectivity index (χ2v) is 6.04. The zero-order valence-electron chi connectivity index (χ0n) is 9.89. The minimum Gasteiger partial charge on any atom is -0.466 e. The molecule has 1 fully saturated rings. The van der Waals surface area contributed by atoms with Crippen molar-refractivity contribution in [3.05, 3.63) is 11.1 Å². The maximum atomic E-state index is 11.7. The van der Waals surface area contributed by atoms with E-state index in [1.165, 1.54) is 11.3 Å². The number of carbonyl (C=O) groups is 2. The number of nitrogens with zero attached hydrogens (tertiary/aromatic N) is 2. The van der Waals surface area contributed by atoms with Gasteiger partial charge >= 0.3 is 5.97 Å². The number of carbonyl (C=O) groups excluding carboxylic acids is 2. The number of thiazole rings is 1. The summed E-state index contributed by atoms with van der Waals surface area (Å²) in [6.45, 7) is 2.76. The van der Waals surface area contributed by atoms with E-state index in [-0.39, 0.29) is 23.1 Å². The lowest BCUT2D eigenvalue weighted by Gasteiger charge is -2.10. The van der Waals surface area contributed by atoms with Gasteiger partial charge in [-0.05, 0) is 6.92 Å². The molecular weight excluding hydrogens is 320 g/mol. The summed E-state index contributed by atoms with van der Waals surface area (Å²) in [5, 5.41) is 2.45. The third kappa shape index (κ3) is 3.08. The van der Waals surface area contributed by atoms with Crippen LogP contribution in [0.2, 0.25) is 0 Å². The molecule has 2 rings (SSSR count). The van der Waals surface area contributed by atoms with E-state index in [4.69, 9.17) is 4.74 Å². The molecule has 18 heavy (non-hydrogen) atoms. The first-order chi connectivity index (χ1) is 8.60. The van der Waals surface area contributed by atoms with Crippen LogP contribution in [0.5, 0.6) is 0 Å². The van der Waals surface area contributed by atoms with Gasteiger partial charge in [0.05, 0.1) is 18.7 Å². The predicted molar refractivity (Wildman–Crippen MR) is 72.1 cm³/mol. The molecule has 1 amide bonds. The zero-order valence-corrected chi connectivity index (χ0v) is 12.3. The first-order valence-electron chi connectivity index (χ1n) is 5.64. The van der Waals surface area contributed by atoms with E-state index in [0.29, 0.717) is 30.4 Å². The van der Waals surface area contributed by atoms with E-state index >= 15 is 0 Å². The van der Waals surface area contributed by atoms with Crippen molar-refractivity contribution in [3.63, 3.8) is 0 Å². The first-order valence-corrected chi connectivity index (χ1v) is 7.44. The third-order valence-corrected chi connectivity index (χ3v) is 4.00. The minimum atomic E-state index is -0.291. The lowest BCUT2D eigenvalue weighted by Crippen LogP contribution is -2.24. The normalized spacial score (nSPS) is 19.3. The molecule has 1 aromatic rings. The van der Waals surface area contributed by atoms with Crippen LogP contribution in [0.4, 0.5) is 5.13 Å². The fourth-order valence-corrected chi connectivity index (χ4v) is 3.13. The van der Waals surface area contributed by atoms with Crippen LogP contribution in [0.25, 0.3) is 0 Å². The highest BCUT2D eigenvalue weighted by molar-refractivity contribution is 9.09. The Balaban J connectivity index is 2.02. The van der Waals surface area contributed by atoms with Gasteiger partial charge in [0.15, 0.2) is 5.13 Å². The summed E-state index contributed by atoms with van der Waals surface area (Å²) in [4.78, 5) is 29.1. The molecule has 0 aliphatic carbocycles. The topological polar surface area (TPSA) is 59.5 Å². The third-order valence-electron chi connectivity index (χ3n) is 2.48. The van der Waals surface area contributed by atoms with Crippen LogP contribution in [0.15, 0.2) is 5.38 Å². The van der Waals surface area contributed by atoms with Crippen LogP contribution in [0.3, 0.4) is 0 Å². The van der Waals surface area contributed by atoms with Crippen LogP contribution in [0, 0.1) is 0 Å². The number of rotatable bonds is 4. The van der Waals surface area contributed by atoms with Gasteiger partial charge in [-0.3, -0.25) is 14.5 Å². The van der Waals surface area contributed by atoms with Gasteiger partial charge in [0, 0.05) is 23.2 Å². The van der Waals surface area contributed by atoms with Gasteiger partial charge in [-0.2, -0.15) is 0 Å². The number of halogens is 1. The summed E-state index contributed by atoms with van der Waals surface area (Å²) in [7, 11) is 0. The second kappa shape index (κ2) is 5.79. The van der Waals surface area contributed by atoms with Crippen molar-refractivity contribution >= 4 is 44.3 Å². The molecule has 7 heteroatoms. The Morgan fingerprint density at radius 1 is 1.72 bits per heavy atom. The van der Waals surface area contributed by atoms with Gasteiger partial charge < -0.3 is 4.74 Å². The van der Waals surface area contributed by atoms with Gasteiger partial charge in [-0.25, -0.2) is 4.98 Å². The molecule has 2 heterocycles. The highest BCUT2D eigenvalue weighted by Crippen LogP contribution is 2.28. The lowest BCUT2D eigenvalue weighted by molar-refractivity contribution is -0.142. The molecule has 0 radical (unpaired) electrons. The summed E-state index contributed by atoms with van der Waals surface area (Å²) >= 11 is 4.80. The van der Waals surface area contributed by atoms with Crippen LogP contribution in [0.1, 0.15) is 19.0 Å². The molecule has 1 aliphatic rings. The van der Waals surface area contributed by atoms with Crippen LogP contribution in [-0.4, -0.2) is 34.8 Å². The van der Waals surface area contributed by atoms with Crippen LogP contribution >= 0.6 is 27.3 Å². The standard InChI is InChI=1S/C11H13BrN2O3S/c1-2-17-10(16)4-8-6-18-11(13-8)14-5-7(12)3-9(14)15/h6-7H,2-5H2,1H3. The molecule has 98 valence electrons. The molecule has 0 bridgehead atoms. The molecular formula is C11H13BrN2O3S. The molecule has 1 atom stereocenters. The highest BCUT2D eigenvalue weighted by atomic mass is 79.9. The van der Waals surface area contributed by atoms with Crippen molar-refractivity contribution in [1.29, 1.82) is 0 Å². The molecule has 1 saturated heterocycles. The largest absolute Gasteiger partial charge is 0.466 e. The first kappa shape index (κ1) is 13.5. The number of anilines is 1. The molecule has 0 N–H and O–H groups in total. The van der Waals surface area contributed by atoms with Crippen molar-refractivity contribution < 1.29 is 14.3 Å². The number of hydrogen-bond donors (Lipinski definition) is 0. The summed E-state index contributed by atoms with van der Waals surface area (Å²) in [5.74, 6) is -0.227. The quantitative estimate of drug-likeness (QED) is 0.622. The van der Waals surface area contributed by atoms with E-state index in [0.717, 1.165) is 0 Å². The molecule has 1 unspecified atom stereocenters. The Labute approximate surface area is 117 Å². The number of alkyl halides is 1. The van der Waals surface area contributed by atoms with Crippen LogP contribution in [-0.2, 0) is 20.7 Å². The fraction of sp³-hybridized carbons (Fsp3) is 0.545. The highest BCUT2D eigenvalue weighted by Gasteiger charge is 2.30. The van der Waals surface area contributed by atoms with Gasteiger partial charge in [-0.15, -0.1) is 11.3 Å². The van der Waals surface area contributed by atoms with Crippen molar-refractivity contribution in [3.8, 4) is 0 Å². The Morgan fingerprint density at radius 3 is 3.11 bits per heavy atom. The van der Waals surface area contributed by atoms with Gasteiger partial charge in [0.1, 0.15) is 0 Å². The Morgan fingerprint density at radius 2 is 2.50 bits per heavy atom. The number of amides is 1. The van der Waals surface area contributed by atoms with E-state index in [2.05, 4.69) is 20.9 Å². The zero-order chi connectivity index (χ0) is 13.1. The molecule has 0 saturated carbocycles. The van der Waals surface area contributed by atoms with Crippen molar-refractivity contribution in [2.24, 2.45) is 0 Å². The maximum absolute atomic E-state index is 11.7. The molecule has 0 aromatic carbocycles. The summed E-state index contributed by atoms with van der Waals surface area (Å²) in [5.41, 5.74) is 0.652. The second-order valence-electron chi connectivity index (χ2n) is 3.91. The van der Waals surface area contributed by atoms with E-state index in [1.54, 1.807) is 17.2 Å². The van der Waals surface area contributed by atoms with Crippen molar-refractivity contribution in [2.75, 3.05) is 18.1 Å². The minimum absolute atomic E-state index is 0.0638. The van der Waals surface area contributed by atoms with E-state index in [9.17, 15) is 9.59 Å². The summed E-state index contributed by atoms with van der Waals surface area (Å²) in [6, 6.07) is 0. The summed E-state index contributed by atoms with van der Waals surface area (Å²) in [6.07, 6.45) is 0.650. The Hall–Kier alpha value is -0.950. The molecule has 1 aromatic heterocycles. The van der Waals surface area contributed by atoms with E-state index in [1.807, 2.05) is 0 Å². The Kier molecular flexibility index (Phi) is 4.34. The van der Waals surface area contributed by atoms with Crippen LogP contribution < -0.4 is 4.90 Å². The van der Waals surface area contributed by atoms with Gasteiger partial charge in [-0.1, -0.05) is 15.9 Å². The smallest absolute Gasteiger partial charge is 0.311 e. The SMILES string of the molecule is CCOC(=O)Cc1csc(N2CC(Br)CC2=O)n1. The lowest BCUT2D eigenvalue weighted by atomic mass is 10.3. The molecule has 1 aliphatic heterocycles. The monoisotopic (exact) mass is 332 g/mol. The van der Waals surface area contributed by atoms with Gasteiger partial charge in [0.25, 0.3) is 0 Å². The average Bonchev–Trinajstić information content (AvgIpc) is 2.85. The predicted octanol–water partition coefficient (Wildman–Crippen LogP) is 1.75. The maximum Gasteiger partial charge on any atom is 0.311 e. The number of ether oxygens (including phenoxy) is 1. The van der Waals surface area contributed by atoms with Crippen molar-refractivity contribution in [2.45, 2.75) is 24.6 Å². The summed E-state index contributed by atoms with van der Waals surface area (Å²) < 4.78 is 4.86. The van der Waals surface area contributed by atoms with Gasteiger partial charge in [0.2, 0.25) is 5.91 Å². The molecule has 0 spiro atoms.